The fourth-order valence-electron chi connectivity index (χ4n) is 1.39. The maximum absolute atomic E-state index is 5.01. The van der Waals surface area contributed by atoms with Crippen LogP contribution < -0.4 is 0 Å². The molecular weight excluding hydrogens is 166 g/mol. The van der Waals surface area contributed by atoms with Gasteiger partial charge in [0, 0.05) is 20.1 Å². The highest BCUT2D eigenvalue weighted by molar-refractivity contribution is 4.92. The predicted octanol–water partition coefficient (Wildman–Crippen LogP) is 0.877. The van der Waals surface area contributed by atoms with E-state index in [4.69, 9.17) is 4.74 Å². The van der Waals surface area contributed by atoms with E-state index < -0.39 is 0 Å². The number of nitrogens with zero attached hydrogens (tertiary/aromatic N) is 3. The number of hydrogen-bond acceptors (Lipinski definition) is 3. The number of ether oxygens (including phenoxy) is 1. The SMILES string of the molecule is COCCn1cnnc1CC1CC1. The zero-order chi connectivity index (χ0) is 9.10. The monoisotopic (exact) mass is 181 g/mol. The van der Waals surface area contributed by atoms with Gasteiger partial charge in [-0.05, 0) is 18.8 Å². The van der Waals surface area contributed by atoms with Gasteiger partial charge in [0.15, 0.2) is 0 Å². The normalized spacial score (nSPS) is 16.4. The predicted molar refractivity (Wildman–Crippen MR) is 48.3 cm³/mol. The van der Waals surface area contributed by atoms with Gasteiger partial charge in [-0.3, -0.25) is 0 Å². The Balaban J connectivity index is 1.93. The molecule has 0 amide bonds. The van der Waals surface area contributed by atoms with E-state index in [1.807, 2.05) is 0 Å². The first-order valence-corrected chi connectivity index (χ1v) is 4.76. The summed E-state index contributed by atoms with van der Waals surface area (Å²) in [5, 5.41) is 8.02. The van der Waals surface area contributed by atoms with Crippen molar-refractivity contribution in [2.24, 2.45) is 5.92 Å². The topological polar surface area (TPSA) is 39.9 Å². The molecule has 1 aromatic rings. The molecule has 1 saturated carbocycles. The van der Waals surface area contributed by atoms with Crippen LogP contribution in [0.1, 0.15) is 18.7 Å². The maximum Gasteiger partial charge on any atom is 0.133 e. The van der Waals surface area contributed by atoms with Gasteiger partial charge in [0.2, 0.25) is 0 Å². The van der Waals surface area contributed by atoms with E-state index in [0.29, 0.717) is 0 Å². The molecule has 1 aliphatic carbocycles. The molecule has 1 aromatic heterocycles. The van der Waals surface area contributed by atoms with E-state index in [1.54, 1.807) is 13.4 Å². The Morgan fingerprint density at radius 1 is 1.62 bits per heavy atom. The molecular formula is C9H15N3O. The maximum atomic E-state index is 5.01. The van der Waals surface area contributed by atoms with Crippen LogP contribution in [-0.2, 0) is 17.7 Å². The Labute approximate surface area is 77.9 Å². The third-order valence-electron chi connectivity index (χ3n) is 2.40. The second-order valence-electron chi connectivity index (χ2n) is 3.58. The van der Waals surface area contributed by atoms with Crippen LogP contribution in [0.2, 0.25) is 0 Å². The molecule has 0 unspecified atom stereocenters. The van der Waals surface area contributed by atoms with Gasteiger partial charge >= 0.3 is 0 Å². The van der Waals surface area contributed by atoms with Crippen LogP contribution >= 0.6 is 0 Å². The van der Waals surface area contributed by atoms with E-state index >= 15 is 0 Å². The minimum atomic E-state index is 0.732. The highest BCUT2D eigenvalue weighted by Crippen LogP contribution is 2.31. The molecule has 0 saturated heterocycles. The zero-order valence-corrected chi connectivity index (χ0v) is 7.94. The van der Waals surface area contributed by atoms with Gasteiger partial charge in [0.25, 0.3) is 0 Å². The van der Waals surface area contributed by atoms with Gasteiger partial charge in [0.05, 0.1) is 6.61 Å². The van der Waals surface area contributed by atoms with Crippen molar-refractivity contribution in [2.45, 2.75) is 25.8 Å². The molecule has 1 aliphatic rings. The first-order chi connectivity index (χ1) is 6.40. The molecule has 0 radical (unpaired) electrons. The standard InChI is InChI=1S/C9H15N3O/c1-13-5-4-12-7-10-11-9(12)6-8-2-3-8/h7-8H,2-6H2,1H3. The van der Waals surface area contributed by atoms with Crippen molar-refractivity contribution in [3.8, 4) is 0 Å². The summed E-state index contributed by atoms with van der Waals surface area (Å²) in [6.07, 6.45) is 5.59. The molecule has 1 fully saturated rings. The summed E-state index contributed by atoms with van der Waals surface area (Å²) in [4.78, 5) is 0. The lowest BCUT2D eigenvalue weighted by Gasteiger charge is -2.04. The number of hydrogen-bond donors (Lipinski definition) is 0. The van der Waals surface area contributed by atoms with Crippen LogP contribution in [0.15, 0.2) is 6.33 Å². The minimum absolute atomic E-state index is 0.732. The average Bonchev–Trinajstić information content (AvgIpc) is 2.82. The molecule has 13 heavy (non-hydrogen) atoms. The van der Waals surface area contributed by atoms with Crippen molar-refractivity contribution in [1.82, 2.24) is 14.8 Å². The highest BCUT2D eigenvalue weighted by Gasteiger charge is 2.23. The molecule has 4 heteroatoms. The van der Waals surface area contributed by atoms with Crippen LogP contribution in [0, 0.1) is 5.92 Å². The largest absolute Gasteiger partial charge is 0.383 e. The summed E-state index contributed by atoms with van der Waals surface area (Å²) in [6, 6.07) is 0. The lowest BCUT2D eigenvalue weighted by atomic mass is 10.3. The lowest BCUT2D eigenvalue weighted by molar-refractivity contribution is 0.186. The van der Waals surface area contributed by atoms with Crippen molar-refractivity contribution in [3.05, 3.63) is 12.2 Å². The molecule has 0 spiro atoms. The number of aromatic nitrogens is 3. The lowest BCUT2D eigenvalue weighted by Crippen LogP contribution is -2.08. The van der Waals surface area contributed by atoms with E-state index in [2.05, 4.69) is 14.8 Å². The van der Waals surface area contributed by atoms with Crippen molar-refractivity contribution >= 4 is 0 Å². The average molecular weight is 181 g/mol. The third-order valence-corrected chi connectivity index (χ3v) is 2.40. The molecule has 1 heterocycles. The zero-order valence-electron chi connectivity index (χ0n) is 7.94. The van der Waals surface area contributed by atoms with Crippen LogP contribution in [0.5, 0.6) is 0 Å². The third kappa shape index (κ3) is 2.28. The van der Waals surface area contributed by atoms with Crippen LogP contribution in [0.25, 0.3) is 0 Å². The summed E-state index contributed by atoms with van der Waals surface area (Å²) in [5.41, 5.74) is 0. The smallest absolute Gasteiger partial charge is 0.133 e. The summed E-state index contributed by atoms with van der Waals surface area (Å²) in [7, 11) is 1.71. The van der Waals surface area contributed by atoms with Crippen LogP contribution in [-0.4, -0.2) is 28.5 Å². The molecule has 0 aromatic carbocycles. The Bertz CT molecular complexity index is 268. The van der Waals surface area contributed by atoms with E-state index in [0.717, 1.165) is 31.3 Å². The molecule has 2 rings (SSSR count). The van der Waals surface area contributed by atoms with Crippen molar-refractivity contribution in [1.29, 1.82) is 0 Å². The van der Waals surface area contributed by atoms with E-state index in [9.17, 15) is 0 Å². The van der Waals surface area contributed by atoms with Crippen LogP contribution in [0.3, 0.4) is 0 Å². The Hall–Kier alpha value is -0.900. The Kier molecular flexibility index (Phi) is 2.59. The molecule has 0 N–H and O–H groups in total. The van der Waals surface area contributed by atoms with Crippen molar-refractivity contribution < 1.29 is 4.74 Å². The van der Waals surface area contributed by atoms with E-state index in [-0.39, 0.29) is 0 Å². The fraction of sp³-hybridized carbons (Fsp3) is 0.778. The van der Waals surface area contributed by atoms with Gasteiger partial charge < -0.3 is 9.30 Å². The van der Waals surface area contributed by atoms with Gasteiger partial charge in [-0.25, -0.2) is 0 Å². The second-order valence-corrected chi connectivity index (χ2v) is 3.58. The van der Waals surface area contributed by atoms with Gasteiger partial charge in [-0.15, -0.1) is 10.2 Å². The number of rotatable bonds is 5. The first-order valence-electron chi connectivity index (χ1n) is 4.76. The molecule has 4 nitrogen and oxygen atoms in total. The quantitative estimate of drug-likeness (QED) is 0.677. The highest BCUT2D eigenvalue weighted by atomic mass is 16.5. The molecule has 0 aliphatic heterocycles. The van der Waals surface area contributed by atoms with Crippen molar-refractivity contribution in [2.75, 3.05) is 13.7 Å². The fourth-order valence-corrected chi connectivity index (χ4v) is 1.39. The molecule has 0 atom stereocenters. The summed E-state index contributed by atoms with van der Waals surface area (Å²) < 4.78 is 7.10. The van der Waals surface area contributed by atoms with Gasteiger partial charge in [0.1, 0.15) is 12.2 Å². The summed E-state index contributed by atoms with van der Waals surface area (Å²) in [6.45, 7) is 1.60. The first kappa shape index (κ1) is 8.69. The van der Waals surface area contributed by atoms with E-state index in [1.165, 1.54) is 12.8 Å². The summed E-state index contributed by atoms with van der Waals surface area (Å²) in [5.74, 6) is 1.98. The minimum Gasteiger partial charge on any atom is -0.383 e. The Morgan fingerprint density at radius 2 is 2.46 bits per heavy atom. The van der Waals surface area contributed by atoms with Gasteiger partial charge in [-0.1, -0.05) is 0 Å². The summed E-state index contributed by atoms with van der Waals surface area (Å²) >= 11 is 0. The second kappa shape index (κ2) is 3.87. The van der Waals surface area contributed by atoms with Crippen LogP contribution in [0.4, 0.5) is 0 Å². The van der Waals surface area contributed by atoms with Gasteiger partial charge in [-0.2, -0.15) is 0 Å². The number of methoxy groups -OCH3 is 1. The molecule has 0 bridgehead atoms. The van der Waals surface area contributed by atoms with Crippen molar-refractivity contribution in [3.63, 3.8) is 0 Å². The molecule has 72 valence electrons. The Morgan fingerprint density at radius 3 is 3.15 bits per heavy atom.